The van der Waals surface area contributed by atoms with E-state index in [9.17, 15) is 0 Å². The van der Waals surface area contributed by atoms with Gasteiger partial charge in [-0.3, -0.25) is 4.98 Å². The smallest absolute Gasteiger partial charge is 0.0840 e. The van der Waals surface area contributed by atoms with Crippen molar-refractivity contribution in [3.05, 3.63) is 40.9 Å². The minimum Gasteiger partial charge on any atom is -0.261 e. The summed E-state index contributed by atoms with van der Waals surface area (Å²) >= 11 is 3.40. The second-order valence-electron chi connectivity index (χ2n) is 3.85. The Morgan fingerprint density at radius 3 is 2.87 bits per heavy atom. The fraction of sp³-hybridized carbons (Fsp3) is 0.273. The van der Waals surface area contributed by atoms with Crippen LogP contribution in [-0.4, -0.2) is 14.8 Å². The van der Waals surface area contributed by atoms with Crippen LogP contribution in [0.5, 0.6) is 0 Å². The van der Waals surface area contributed by atoms with Gasteiger partial charge in [-0.25, -0.2) is 4.68 Å². The summed E-state index contributed by atoms with van der Waals surface area (Å²) in [5.74, 6) is 0.749. The van der Waals surface area contributed by atoms with Gasteiger partial charge in [0, 0.05) is 16.9 Å². The lowest BCUT2D eigenvalue weighted by atomic mass is 10.2. The Kier molecular flexibility index (Phi) is 2.09. The van der Waals surface area contributed by atoms with E-state index in [1.807, 2.05) is 23.1 Å². The van der Waals surface area contributed by atoms with E-state index in [1.54, 1.807) is 6.20 Å². The third-order valence-electron chi connectivity index (χ3n) is 2.61. The molecule has 15 heavy (non-hydrogen) atoms. The zero-order valence-electron chi connectivity index (χ0n) is 8.10. The number of pyridine rings is 1. The Morgan fingerprint density at radius 2 is 2.13 bits per heavy atom. The number of hydrogen-bond donors (Lipinski definition) is 0. The maximum Gasteiger partial charge on any atom is 0.0840 e. The van der Waals surface area contributed by atoms with Crippen molar-refractivity contribution >= 4 is 15.9 Å². The van der Waals surface area contributed by atoms with Crippen LogP contribution in [0.2, 0.25) is 0 Å². The van der Waals surface area contributed by atoms with Crippen LogP contribution in [0.25, 0.3) is 5.69 Å². The SMILES string of the molecule is Brc1cncc(-n2cc(C3CC3)cn2)c1. The first kappa shape index (κ1) is 9.09. The van der Waals surface area contributed by atoms with E-state index in [-0.39, 0.29) is 0 Å². The fourth-order valence-electron chi connectivity index (χ4n) is 1.63. The molecule has 2 aromatic rings. The molecule has 0 N–H and O–H groups in total. The molecule has 4 heteroatoms. The van der Waals surface area contributed by atoms with Crippen LogP contribution in [0.15, 0.2) is 35.3 Å². The van der Waals surface area contributed by atoms with Crippen molar-refractivity contribution in [3.8, 4) is 5.69 Å². The normalized spacial score (nSPS) is 15.5. The third kappa shape index (κ3) is 1.81. The largest absolute Gasteiger partial charge is 0.261 e. The van der Waals surface area contributed by atoms with Gasteiger partial charge in [0.2, 0.25) is 0 Å². The monoisotopic (exact) mass is 263 g/mol. The van der Waals surface area contributed by atoms with Crippen LogP contribution in [0.1, 0.15) is 24.3 Å². The van der Waals surface area contributed by atoms with Crippen LogP contribution in [0, 0.1) is 0 Å². The number of halogens is 1. The minimum atomic E-state index is 0.749. The molecular formula is C11H10BrN3. The summed E-state index contributed by atoms with van der Waals surface area (Å²) in [7, 11) is 0. The van der Waals surface area contributed by atoms with Gasteiger partial charge in [-0.2, -0.15) is 5.10 Å². The summed E-state index contributed by atoms with van der Waals surface area (Å²) < 4.78 is 2.86. The molecule has 3 rings (SSSR count). The highest BCUT2D eigenvalue weighted by Crippen LogP contribution is 2.39. The number of nitrogens with zero attached hydrogens (tertiary/aromatic N) is 3. The topological polar surface area (TPSA) is 30.7 Å². The van der Waals surface area contributed by atoms with Gasteiger partial charge in [-0.1, -0.05) is 0 Å². The van der Waals surface area contributed by atoms with Crippen LogP contribution in [-0.2, 0) is 0 Å². The Hall–Kier alpha value is -1.16. The molecule has 0 bridgehead atoms. The highest BCUT2D eigenvalue weighted by Gasteiger charge is 2.24. The first-order valence-corrected chi connectivity index (χ1v) is 5.78. The number of aromatic nitrogens is 3. The first-order chi connectivity index (χ1) is 7.33. The van der Waals surface area contributed by atoms with Gasteiger partial charge < -0.3 is 0 Å². The predicted molar refractivity (Wildman–Crippen MR) is 61.0 cm³/mol. The highest BCUT2D eigenvalue weighted by molar-refractivity contribution is 9.10. The predicted octanol–water partition coefficient (Wildman–Crippen LogP) is 2.91. The molecule has 0 radical (unpaired) electrons. The molecule has 1 aliphatic carbocycles. The van der Waals surface area contributed by atoms with E-state index in [1.165, 1.54) is 18.4 Å². The minimum absolute atomic E-state index is 0.749. The third-order valence-corrected chi connectivity index (χ3v) is 3.04. The quantitative estimate of drug-likeness (QED) is 0.834. The summed E-state index contributed by atoms with van der Waals surface area (Å²) in [5, 5.41) is 4.34. The average Bonchev–Trinajstić information content (AvgIpc) is 2.97. The van der Waals surface area contributed by atoms with Crippen molar-refractivity contribution in [2.45, 2.75) is 18.8 Å². The van der Waals surface area contributed by atoms with E-state index in [0.717, 1.165) is 16.1 Å². The van der Waals surface area contributed by atoms with E-state index in [2.05, 4.69) is 32.2 Å². The first-order valence-electron chi connectivity index (χ1n) is 4.98. The van der Waals surface area contributed by atoms with E-state index in [4.69, 9.17) is 0 Å². The van der Waals surface area contributed by atoms with Gasteiger partial charge >= 0.3 is 0 Å². The highest BCUT2D eigenvalue weighted by atomic mass is 79.9. The summed E-state index contributed by atoms with van der Waals surface area (Å²) in [6, 6.07) is 2.01. The molecular weight excluding hydrogens is 254 g/mol. The lowest BCUT2D eigenvalue weighted by molar-refractivity contribution is 0.872. The molecule has 0 amide bonds. The van der Waals surface area contributed by atoms with E-state index in [0.29, 0.717) is 0 Å². The van der Waals surface area contributed by atoms with Crippen molar-refractivity contribution in [1.29, 1.82) is 0 Å². The van der Waals surface area contributed by atoms with Crippen molar-refractivity contribution in [3.63, 3.8) is 0 Å². The molecule has 1 fully saturated rings. The van der Waals surface area contributed by atoms with Crippen LogP contribution in [0.3, 0.4) is 0 Å². The van der Waals surface area contributed by atoms with E-state index >= 15 is 0 Å². The van der Waals surface area contributed by atoms with Crippen LogP contribution < -0.4 is 0 Å². The number of rotatable bonds is 2. The summed E-state index contributed by atoms with van der Waals surface area (Å²) in [4.78, 5) is 4.12. The van der Waals surface area contributed by atoms with Gasteiger partial charge in [0.05, 0.1) is 18.1 Å². The van der Waals surface area contributed by atoms with Crippen molar-refractivity contribution in [2.75, 3.05) is 0 Å². The molecule has 1 aliphatic rings. The van der Waals surface area contributed by atoms with Crippen molar-refractivity contribution in [2.24, 2.45) is 0 Å². The molecule has 1 saturated carbocycles. The van der Waals surface area contributed by atoms with Crippen LogP contribution >= 0.6 is 15.9 Å². The summed E-state index contributed by atoms with van der Waals surface area (Å²) in [5.41, 5.74) is 2.34. The molecule has 76 valence electrons. The molecule has 3 nitrogen and oxygen atoms in total. The second-order valence-corrected chi connectivity index (χ2v) is 4.77. The molecule has 0 unspecified atom stereocenters. The standard InChI is InChI=1S/C11H10BrN3/c12-10-3-11(6-13-5-10)15-7-9(4-14-15)8-1-2-8/h3-8H,1-2H2. The number of hydrogen-bond acceptors (Lipinski definition) is 2. The Bertz CT molecular complexity index is 488. The molecule has 2 aromatic heterocycles. The summed E-state index contributed by atoms with van der Waals surface area (Å²) in [6.45, 7) is 0. The molecule has 0 atom stereocenters. The lowest BCUT2D eigenvalue weighted by Gasteiger charge is -1.99. The molecule has 0 spiro atoms. The van der Waals surface area contributed by atoms with Crippen LogP contribution in [0.4, 0.5) is 0 Å². The Morgan fingerprint density at radius 1 is 1.27 bits per heavy atom. The Balaban J connectivity index is 1.97. The van der Waals surface area contributed by atoms with Gasteiger partial charge in [-0.05, 0) is 46.3 Å². The van der Waals surface area contributed by atoms with Crippen molar-refractivity contribution in [1.82, 2.24) is 14.8 Å². The van der Waals surface area contributed by atoms with Gasteiger partial charge in [0.1, 0.15) is 0 Å². The molecule has 0 aromatic carbocycles. The van der Waals surface area contributed by atoms with Gasteiger partial charge in [-0.15, -0.1) is 0 Å². The zero-order chi connectivity index (χ0) is 10.3. The average molecular weight is 264 g/mol. The van der Waals surface area contributed by atoms with Crippen molar-refractivity contribution < 1.29 is 0 Å². The maximum absolute atomic E-state index is 4.34. The second kappa shape index (κ2) is 3.45. The summed E-state index contributed by atoms with van der Waals surface area (Å²) in [6.07, 6.45) is 10.3. The van der Waals surface area contributed by atoms with E-state index < -0.39 is 0 Å². The maximum atomic E-state index is 4.34. The molecule has 0 saturated heterocycles. The molecule has 0 aliphatic heterocycles. The van der Waals surface area contributed by atoms with Gasteiger partial charge in [0.15, 0.2) is 0 Å². The molecule has 2 heterocycles. The fourth-order valence-corrected chi connectivity index (χ4v) is 1.98. The Labute approximate surface area is 96.3 Å². The van der Waals surface area contributed by atoms with Gasteiger partial charge in [0.25, 0.3) is 0 Å². The lowest BCUT2D eigenvalue weighted by Crippen LogP contribution is -1.94. The zero-order valence-corrected chi connectivity index (χ0v) is 9.68.